The van der Waals surface area contributed by atoms with Gasteiger partial charge in [0.15, 0.2) is 0 Å². The standard InChI is InChI=1S/C31H47N4O9P/c1-22(2)27(35-20-26(32-33-35)40-17-13-12-16-36)28(37)34-19-24(42-45(39,43-30(3,4)5)44-31(6,7)8)18-25(34)29(38)41-21-23-14-10-9-11-15-23/h9-11,14-16,20,22,24-25,27H,12-13,17-19,21H2,1-8H3/t24-,25+,27+/m1/s1. The largest absolute Gasteiger partial charge is 0.476 e. The molecular weight excluding hydrogens is 603 g/mol. The summed E-state index contributed by atoms with van der Waals surface area (Å²) in [6.45, 7) is 14.3. The first-order valence-corrected chi connectivity index (χ1v) is 16.7. The summed E-state index contributed by atoms with van der Waals surface area (Å²) in [6.07, 6.45) is 2.35. The monoisotopic (exact) mass is 650 g/mol. The lowest BCUT2D eigenvalue weighted by Crippen LogP contribution is -2.46. The Morgan fingerprint density at radius 2 is 1.71 bits per heavy atom. The Kier molecular flexibility index (Phi) is 12.5. The molecule has 3 rings (SSSR count). The van der Waals surface area contributed by atoms with Crippen LogP contribution in [0.4, 0.5) is 0 Å². The number of amides is 1. The molecule has 1 amide bonds. The van der Waals surface area contributed by atoms with E-state index >= 15 is 0 Å². The van der Waals surface area contributed by atoms with Gasteiger partial charge in [-0.2, -0.15) is 0 Å². The van der Waals surface area contributed by atoms with Crippen molar-refractivity contribution in [1.82, 2.24) is 19.9 Å². The zero-order chi connectivity index (χ0) is 33.4. The van der Waals surface area contributed by atoms with Crippen LogP contribution in [0.1, 0.15) is 86.3 Å². The highest BCUT2D eigenvalue weighted by Gasteiger charge is 2.48. The molecule has 13 nitrogen and oxygen atoms in total. The lowest BCUT2D eigenvalue weighted by molar-refractivity contribution is -0.156. The number of hydrogen-bond donors (Lipinski definition) is 0. The van der Waals surface area contributed by atoms with E-state index in [4.69, 9.17) is 23.0 Å². The van der Waals surface area contributed by atoms with E-state index in [0.717, 1.165) is 11.8 Å². The van der Waals surface area contributed by atoms with Crippen LogP contribution in [0.5, 0.6) is 5.88 Å². The van der Waals surface area contributed by atoms with Crippen molar-refractivity contribution in [1.29, 1.82) is 0 Å². The predicted octanol–water partition coefficient (Wildman–Crippen LogP) is 5.30. The van der Waals surface area contributed by atoms with E-state index in [1.165, 1.54) is 15.8 Å². The van der Waals surface area contributed by atoms with Crippen LogP contribution in [0.25, 0.3) is 0 Å². The van der Waals surface area contributed by atoms with E-state index in [-0.39, 0.29) is 38.0 Å². The Morgan fingerprint density at radius 3 is 2.29 bits per heavy atom. The molecule has 0 N–H and O–H groups in total. The highest BCUT2D eigenvalue weighted by Crippen LogP contribution is 2.57. The van der Waals surface area contributed by atoms with Gasteiger partial charge in [0.25, 0.3) is 5.88 Å². The number of phosphoric acid groups is 1. The molecule has 0 saturated carbocycles. The molecule has 0 spiro atoms. The maximum Gasteiger partial charge on any atom is 0.476 e. The summed E-state index contributed by atoms with van der Waals surface area (Å²) < 4.78 is 44.2. The quantitative estimate of drug-likeness (QED) is 0.107. The van der Waals surface area contributed by atoms with Gasteiger partial charge in [0, 0.05) is 19.4 Å². The summed E-state index contributed by atoms with van der Waals surface area (Å²) in [5.74, 6) is -1.09. The molecular formula is C31H47N4O9P. The summed E-state index contributed by atoms with van der Waals surface area (Å²) >= 11 is 0. The highest BCUT2D eigenvalue weighted by atomic mass is 31.2. The number of nitrogens with zero attached hydrogens (tertiary/aromatic N) is 4. The molecule has 250 valence electrons. The van der Waals surface area contributed by atoms with Gasteiger partial charge in [0.1, 0.15) is 25.0 Å². The number of aldehydes is 1. The number of hydrogen-bond acceptors (Lipinski definition) is 11. The average Bonchev–Trinajstić information content (AvgIpc) is 3.55. The molecule has 3 atom stereocenters. The smallest absolute Gasteiger partial charge is 0.475 e. The molecule has 1 saturated heterocycles. The fraction of sp³-hybridized carbons (Fsp3) is 0.645. The van der Waals surface area contributed by atoms with Gasteiger partial charge in [0.2, 0.25) is 5.91 Å². The normalized spacial score (nSPS) is 18.2. The predicted molar refractivity (Wildman–Crippen MR) is 165 cm³/mol. The average molecular weight is 651 g/mol. The lowest BCUT2D eigenvalue weighted by Gasteiger charge is -2.32. The van der Waals surface area contributed by atoms with Crippen LogP contribution < -0.4 is 4.74 Å². The molecule has 1 fully saturated rings. The molecule has 14 heteroatoms. The van der Waals surface area contributed by atoms with E-state index < -0.39 is 49.1 Å². The number of ether oxygens (including phenoxy) is 2. The Balaban J connectivity index is 1.88. The molecule has 1 aliphatic rings. The minimum absolute atomic E-state index is 0.0115. The van der Waals surface area contributed by atoms with Gasteiger partial charge in [0.05, 0.1) is 30.1 Å². The fourth-order valence-corrected chi connectivity index (χ4v) is 6.74. The minimum Gasteiger partial charge on any atom is -0.475 e. The maximum atomic E-state index is 14.2. The van der Waals surface area contributed by atoms with Crippen LogP contribution >= 0.6 is 7.82 Å². The van der Waals surface area contributed by atoms with Gasteiger partial charge in [-0.05, 0) is 59.4 Å². The van der Waals surface area contributed by atoms with Gasteiger partial charge >= 0.3 is 13.8 Å². The van der Waals surface area contributed by atoms with Crippen LogP contribution in [0, 0.1) is 5.92 Å². The topological polar surface area (TPSA) is 148 Å². The molecule has 2 aromatic rings. The van der Waals surface area contributed by atoms with Crippen molar-refractivity contribution >= 4 is 26.0 Å². The van der Waals surface area contributed by atoms with Gasteiger partial charge in [-0.15, -0.1) is 0 Å². The number of aromatic nitrogens is 3. The zero-order valence-corrected chi connectivity index (χ0v) is 28.4. The van der Waals surface area contributed by atoms with Crippen LogP contribution in [-0.4, -0.2) is 74.6 Å². The minimum atomic E-state index is -4.16. The lowest BCUT2D eigenvalue weighted by atomic mass is 10.0. The van der Waals surface area contributed by atoms with Crippen molar-refractivity contribution in [2.45, 2.75) is 111 Å². The fourth-order valence-electron chi connectivity index (χ4n) is 4.76. The Labute approximate surface area is 265 Å². The number of phosphoric ester groups is 1. The molecule has 1 aliphatic heterocycles. The molecule has 1 aromatic carbocycles. The number of likely N-dealkylation sites (tertiary alicyclic amines) is 1. The molecule has 1 aromatic heterocycles. The SMILES string of the molecule is CC(C)[C@@H](C(=O)N1C[C@H](OP(=O)(OC(C)(C)C)OC(C)(C)C)C[C@H]1C(=O)OCc1ccccc1)n1cc(OCCCC=O)nn1. The first-order chi connectivity index (χ1) is 21.0. The van der Waals surface area contributed by atoms with Crippen molar-refractivity contribution in [2.24, 2.45) is 5.92 Å². The molecule has 0 radical (unpaired) electrons. The Morgan fingerprint density at radius 1 is 1.07 bits per heavy atom. The molecule has 2 heterocycles. The third kappa shape index (κ3) is 11.3. The number of carbonyl (C=O) groups is 3. The number of benzene rings is 1. The first-order valence-electron chi connectivity index (χ1n) is 15.2. The van der Waals surface area contributed by atoms with E-state index in [9.17, 15) is 18.9 Å². The summed E-state index contributed by atoms with van der Waals surface area (Å²) in [5, 5.41) is 8.15. The summed E-state index contributed by atoms with van der Waals surface area (Å²) in [6, 6.07) is 7.32. The van der Waals surface area contributed by atoms with E-state index in [1.807, 2.05) is 44.2 Å². The van der Waals surface area contributed by atoms with Crippen molar-refractivity contribution in [3.05, 3.63) is 42.1 Å². The Bertz CT molecular complexity index is 1300. The Hall–Kier alpha value is -3.12. The van der Waals surface area contributed by atoms with Crippen molar-refractivity contribution in [2.75, 3.05) is 13.2 Å². The van der Waals surface area contributed by atoms with Crippen LogP contribution in [0.15, 0.2) is 36.5 Å². The second-order valence-electron chi connectivity index (χ2n) is 13.3. The van der Waals surface area contributed by atoms with Crippen LogP contribution in [0.2, 0.25) is 0 Å². The molecule has 0 bridgehead atoms. The third-order valence-electron chi connectivity index (χ3n) is 6.47. The number of unbranched alkanes of at least 4 members (excludes halogenated alkanes) is 1. The second kappa shape index (κ2) is 15.4. The summed E-state index contributed by atoms with van der Waals surface area (Å²) in [4.78, 5) is 39.7. The van der Waals surface area contributed by atoms with Gasteiger partial charge in [-0.25, -0.2) is 14.0 Å². The van der Waals surface area contributed by atoms with Crippen molar-refractivity contribution in [3.8, 4) is 5.88 Å². The van der Waals surface area contributed by atoms with Crippen molar-refractivity contribution in [3.63, 3.8) is 0 Å². The van der Waals surface area contributed by atoms with Crippen LogP contribution in [0.3, 0.4) is 0 Å². The van der Waals surface area contributed by atoms with Gasteiger partial charge in [-0.3, -0.25) is 18.4 Å². The third-order valence-corrected chi connectivity index (χ3v) is 8.57. The van der Waals surface area contributed by atoms with Crippen molar-refractivity contribution < 1.29 is 42.0 Å². The first kappa shape index (κ1) is 36.3. The van der Waals surface area contributed by atoms with Gasteiger partial charge in [-0.1, -0.05) is 54.5 Å². The number of esters is 1. The summed E-state index contributed by atoms with van der Waals surface area (Å²) in [7, 11) is -4.16. The van der Waals surface area contributed by atoms with E-state index in [2.05, 4.69) is 10.3 Å². The second-order valence-corrected chi connectivity index (χ2v) is 14.8. The van der Waals surface area contributed by atoms with E-state index in [0.29, 0.717) is 12.8 Å². The highest BCUT2D eigenvalue weighted by molar-refractivity contribution is 7.48. The summed E-state index contributed by atoms with van der Waals surface area (Å²) in [5.41, 5.74) is -0.947. The van der Waals surface area contributed by atoms with Crippen LogP contribution in [-0.2, 0) is 43.9 Å². The van der Waals surface area contributed by atoms with Gasteiger partial charge < -0.3 is 19.2 Å². The molecule has 0 unspecified atom stereocenters. The molecule has 0 aliphatic carbocycles. The number of carbonyl (C=O) groups excluding carboxylic acids is 3. The van der Waals surface area contributed by atoms with E-state index in [1.54, 1.807) is 41.5 Å². The maximum absolute atomic E-state index is 14.2. The zero-order valence-electron chi connectivity index (χ0n) is 27.5. The number of rotatable bonds is 15. The molecule has 45 heavy (non-hydrogen) atoms.